The van der Waals surface area contributed by atoms with Crippen LogP contribution in [0.3, 0.4) is 0 Å². The molecule has 0 spiro atoms. The molecule has 2 unspecified atom stereocenters. The average molecular weight is 197 g/mol. The average Bonchev–Trinajstić information content (AvgIpc) is 1.87. The first-order valence-electron chi connectivity index (χ1n) is 3.47. The number of aliphatic hydroxyl groups excluding tert-OH is 1. The standard InChI is InChI=1S/C8H14Cl2O/c1-6(2)7(11)4-8(3,10)5-9/h7,11H,1,4-5H2,2-3H3. The third kappa shape index (κ3) is 4.67. The van der Waals surface area contributed by atoms with Gasteiger partial charge in [0.25, 0.3) is 0 Å². The maximum absolute atomic E-state index is 9.35. The monoisotopic (exact) mass is 196 g/mol. The Morgan fingerprint density at radius 2 is 2.18 bits per heavy atom. The molecule has 66 valence electrons. The molecule has 0 aromatic heterocycles. The van der Waals surface area contributed by atoms with E-state index < -0.39 is 11.0 Å². The fourth-order valence-corrected chi connectivity index (χ4v) is 0.887. The van der Waals surface area contributed by atoms with Crippen LogP contribution in [0.2, 0.25) is 0 Å². The third-order valence-electron chi connectivity index (χ3n) is 1.47. The molecule has 0 fully saturated rings. The lowest BCUT2D eigenvalue weighted by Gasteiger charge is -2.22. The molecule has 1 nitrogen and oxygen atoms in total. The molecular formula is C8H14Cl2O. The van der Waals surface area contributed by atoms with Gasteiger partial charge in [-0.2, -0.15) is 0 Å². The van der Waals surface area contributed by atoms with Gasteiger partial charge in [0.2, 0.25) is 0 Å². The minimum Gasteiger partial charge on any atom is -0.389 e. The van der Waals surface area contributed by atoms with Gasteiger partial charge in [-0.25, -0.2) is 0 Å². The maximum Gasteiger partial charge on any atom is 0.0761 e. The van der Waals surface area contributed by atoms with Crippen LogP contribution in [0.1, 0.15) is 20.3 Å². The zero-order chi connectivity index (χ0) is 9.07. The van der Waals surface area contributed by atoms with Crippen molar-refractivity contribution in [1.29, 1.82) is 0 Å². The fraction of sp³-hybridized carbons (Fsp3) is 0.750. The molecule has 0 rings (SSSR count). The van der Waals surface area contributed by atoms with E-state index in [1.165, 1.54) is 0 Å². The van der Waals surface area contributed by atoms with E-state index >= 15 is 0 Å². The molecule has 0 aromatic carbocycles. The highest BCUT2D eigenvalue weighted by molar-refractivity contribution is 6.30. The van der Waals surface area contributed by atoms with Crippen molar-refractivity contribution in [3.8, 4) is 0 Å². The molecule has 0 aliphatic heterocycles. The van der Waals surface area contributed by atoms with Crippen LogP contribution >= 0.6 is 23.2 Å². The predicted molar refractivity (Wildman–Crippen MR) is 50.4 cm³/mol. The van der Waals surface area contributed by atoms with E-state index in [1.54, 1.807) is 13.8 Å². The first-order chi connectivity index (χ1) is 4.89. The van der Waals surface area contributed by atoms with Crippen LogP contribution in [0.25, 0.3) is 0 Å². The highest BCUT2D eigenvalue weighted by Gasteiger charge is 2.23. The molecule has 11 heavy (non-hydrogen) atoms. The smallest absolute Gasteiger partial charge is 0.0761 e. The quantitative estimate of drug-likeness (QED) is 0.542. The molecule has 3 heteroatoms. The van der Waals surface area contributed by atoms with Gasteiger partial charge in [-0.05, 0) is 20.3 Å². The first-order valence-corrected chi connectivity index (χ1v) is 4.38. The van der Waals surface area contributed by atoms with Crippen molar-refractivity contribution < 1.29 is 5.11 Å². The zero-order valence-corrected chi connectivity index (χ0v) is 8.41. The maximum atomic E-state index is 9.35. The summed E-state index contributed by atoms with van der Waals surface area (Å²) in [6, 6.07) is 0. The van der Waals surface area contributed by atoms with Crippen molar-refractivity contribution >= 4 is 23.2 Å². The SMILES string of the molecule is C=C(C)C(O)CC(C)(Cl)CCl. The summed E-state index contributed by atoms with van der Waals surface area (Å²) in [4.78, 5) is -0.528. The molecule has 0 aliphatic carbocycles. The van der Waals surface area contributed by atoms with Crippen molar-refractivity contribution in [2.24, 2.45) is 0 Å². The lowest BCUT2D eigenvalue weighted by atomic mass is 10.0. The van der Waals surface area contributed by atoms with Crippen molar-refractivity contribution in [2.75, 3.05) is 5.88 Å². The topological polar surface area (TPSA) is 20.2 Å². The van der Waals surface area contributed by atoms with E-state index in [9.17, 15) is 5.11 Å². The summed E-state index contributed by atoms with van der Waals surface area (Å²) in [6.07, 6.45) is -0.0934. The summed E-state index contributed by atoms with van der Waals surface area (Å²) < 4.78 is 0. The van der Waals surface area contributed by atoms with Crippen molar-refractivity contribution in [1.82, 2.24) is 0 Å². The Kier molecular flexibility index (Phi) is 4.45. The van der Waals surface area contributed by atoms with Crippen molar-refractivity contribution in [3.05, 3.63) is 12.2 Å². The van der Waals surface area contributed by atoms with Crippen LogP contribution in [0.5, 0.6) is 0 Å². The van der Waals surface area contributed by atoms with Crippen LogP contribution in [0, 0.1) is 0 Å². The predicted octanol–water partition coefficient (Wildman–Crippen LogP) is 2.55. The molecule has 0 saturated carbocycles. The van der Waals surface area contributed by atoms with Crippen molar-refractivity contribution in [2.45, 2.75) is 31.2 Å². The molecule has 0 saturated heterocycles. The number of rotatable bonds is 4. The summed E-state index contributed by atoms with van der Waals surface area (Å²) in [5, 5.41) is 9.35. The molecular weight excluding hydrogens is 183 g/mol. The van der Waals surface area contributed by atoms with Gasteiger partial charge in [0.15, 0.2) is 0 Å². The largest absolute Gasteiger partial charge is 0.389 e. The summed E-state index contributed by atoms with van der Waals surface area (Å²) in [6.45, 7) is 7.19. The van der Waals surface area contributed by atoms with E-state index in [-0.39, 0.29) is 0 Å². The van der Waals surface area contributed by atoms with E-state index in [1.807, 2.05) is 0 Å². The minimum atomic E-state index is -0.545. The number of halogens is 2. The Bertz CT molecular complexity index is 143. The van der Waals surface area contributed by atoms with Gasteiger partial charge in [-0.3, -0.25) is 0 Å². The van der Waals surface area contributed by atoms with E-state index in [4.69, 9.17) is 23.2 Å². The van der Waals surface area contributed by atoms with Gasteiger partial charge < -0.3 is 5.11 Å². The Balaban J connectivity index is 3.93. The second kappa shape index (κ2) is 4.34. The molecule has 0 bridgehead atoms. The van der Waals surface area contributed by atoms with Gasteiger partial charge in [-0.15, -0.1) is 23.2 Å². The summed E-state index contributed by atoms with van der Waals surface area (Å²) in [5.74, 6) is 0.332. The Hall–Kier alpha value is 0.280. The summed E-state index contributed by atoms with van der Waals surface area (Å²) in [7, 11) is 0. The molecule has 2 atom stereocenters. The summed E-state index contributed by atoms with van der Waals surface area (Å²) >= 11 is 11.5. The minimum absolute atomic E-state index is 0.332. The van der Waals surface area contributed by atoms with Crippen LogP contribution in [-0.4, -0.2) is 22.0 Å². The van der Waals surface area contributed by atoms with Gasteiger partial charge in [-0.1, -0.05) is 12.2 Å². The molecule has 0 heterocycles. The van der Waals surface area contributed by atoms with Gasteiger partial charge >= 0.3 is 0 Å². The fourth-order valence-electron chi connectivity index (χ4n) is 0.632. The molecule has 1 N–H and O–H groups in total. The molecule has 0 amide bonds. The Morgan fingerprint density at radius 3 is 2.45 bits per heavy atom. The van der Waals surface area contributed by atoms with Gasteiger partial charge in [0, 0.05) is 5.88 Å². The van der Waals surface area contributed by atoms with Crippen LogP contribution in [0.15, 0.2) is 12.2 Å². The highest BCUT2D eigenvalue weighted by atomic mass is 35.5. The number of hydrogen-bond donors (Lipinski definition) is 1. The number of aliphatic hydroxyl groups is 1. The Morgan fingerprint density at radius 1 is 1.73 bits per heavy atom. The second-order valence-corrected chi connectivity index (χ2v) is 4.29. The van der Waals surface area contributed by atoms with E-state index in [0.29, 0.717) is 12.3 Å². The first kappa shape index (κ1) is 11.3. The van der Waals surface area contributed by atoms with E-state index in [0.717, 1.165) is 5.57 Å². The van der Waals surface area contributed by atoms with Crippen LogP contribution in [-0.2, 0) is 0 Å². The normalized spacial score (nSPS) is 19.0. The lowest BCUT2D eigenvalue weighted by Crippen LogP contribution is -2.26. The second-order valence-electron chi connectivity index (χ2n) is 3.11. The highest BCUT2D eigenvalue weighted by Crippen LogP contribution is 2.24. The van der Waals surface area contributed by atoms with Crippen LogP contribution < -0.4 is 0 Å². The summed E-state index contributed by atoms with van der Waals surface area (Å²) in [5.41, 5.74) is 0.724. The molecule has 0 radical (unpaired) electrons. The zero-order valence-electron chi connectivity index (χ0n) is 6.90. The Labute approximate surface area is 78.0 Å². The van der Waals surface area contributed by atoms with Crippen molar-refractivity contribution in [3.63, 3.8) is 0 Å². The van der Waals surface area contributed by atoms with Crippen LogP contribution in [0.4, 0.5) is 0 Å². The third-order valence-corrected chi connectivity index (χ3v) is 2.48. The van der Waals surface area contributed by atoms with Gasteiger partial charge in [0.1, 0.15) is 0 Å². The van der Waals surface area contributed by atoms with E-state index in [2.05, 4.69) is 6.58 Å². The molecule has 0 aliphatic rings. The number of hydrogen-bond acceptors (Lipinski definition) is 1. The van der Waals surface area contributed by atoms with Gasteiger partial charge in [0.05, 0.1) is 11.0 Å². The lowest BCUT2D eigenvalue weighted by molar-refractivity contribution is 0.189. The molecule has 0 aromatic rings. The number of alkyl halides is 2.